The third-order valence-corrected chi connectivity index (χ3v) is 3.70. The van der Waals surface area contributed by atoms with Crippen LogP contribution in [0.4, 0.5) is 0 Å². The van der Waals surface area contributed by atoms with Crippen molar-refractivity contribution in [3.05, 3.63) is 24.2 Å². The number of amides is 2. The molecule has 2 N–H and O–H groups in total. The van der Waals surface area contributed by atoms with E-state index in [1.54, 1.807) is 19.9 Å². The molecule has 7 nitrogen and oxygen atoms in total. The second-order valence-corrected chi connectivity index (χ2v) is 5.34. The molecule has 2 amide bonds. The maximum absolute atomic E-state index is 12.3. The van der Waals surface area contributed by atoms with Crippen LogP contribution in [0.15, 0.2) is 22.8 Å². The Morgan fingerprint density at radius 1 is 1.43 bits per heavy atom. The molecule has 114 valence electrons. The smallest absolute Gasteiger partial charge is 0.308 e. The number of carbonyl (C=O) groups is 3. The van der Waals surface area contributed by atoms with Crippen molar-refractivity contribution in [2.75, 3.05) is 13.1 Å². The molecule has 0 saturated carbocycles. The first-order valence-electron chi connectivity index (χ1n) is 6.76. The largest absolute Gasteiger partial charge is 0.481 e. The van der Waals surface area contributed by atoms with E-state index in [2.05, 4.69) is 5.32 Å². The molecule has 1 aliphatic rings. The SMILES string of the molecule is CC(NC(=O)c1ccco1)C(=O)N1C[C@@H](C)[C@H](C(=O)O)C1. The molecule has 3 atom stereocenters. The molecule has 1 fully saturated rings. The number of carboxylic acids is 1. The Kier molecular flexibility index (Phi) is 4.30. The summed E-state index contributed by atoms with van der Waals surface area (Å²) in [5.41, 5.74) is 0. The zero-order chi connectivity index (χ0) is 15.6. The molecule has 1 aromatic rings. The van der Waals surface area contributed by atoms with Crippen molar-refractivity contribution in [3.63, 3.8) is 0 Å². The summed E-state index contributed by atoms with van der Waals surface area (Å²) in [4.78, 5) is 36.6. The Labute approximate surface area is 121 Å². The van der Waals surface area contributed by atoms with Gasteiger partial charge in [-0.15, -0.1) is 0 Å². The lowest BCUT2D eigenvalue weighted by molar-refractivity contribution is -0.142. The number of rotatable bonds is 4. The zero-order valence-corrected chi connectivity index (χ0v) is 11.9. The van der Waals surface area contributed by atoms with Crippen molar-refractivity contribution in [1.29, 1.82) is 0 Å². The van der Waals surface area contributed by atoms with Crippen molar-refractivity contribution in [1.82, 2.24) is 10.2 Å². The lowest BCUT2D eigenvalue weighted by atomic mass is 9.99. The van der Waals surface area contributed by atoms with Crippen LogP contribution in [0.25, 0.3) is 0 Å². The highest BCUT2D eigenvalue weighted by Crippen LogP contribution is 2.23. The number of hydrogen-bond acceptors (Lipinski definition) is 4. The van der Waals surface area contributed by atoms with Crippen LogP contribution in [0.3, 0.4) is 0 Å². The highest BCUT2D eigenvalue weighted by Gasteiger charge is 2.38. The van der Waals surface area contributed by atoms with Crippen molar-refractivity contribution in [3.8, 4) is 0 Å². The van der Waals surface area contributed by atoms with Crippen molar-refractivity contribution < 1.29 is 23.9 Å². The molecule has 1 aliphatic heterocycles. The van der Waals surface area contributed by atoms with Crippen molar-refractivity contribution in [2.45, 2.75) is 19.9 Å². The van der Waals surface area contributed by atoms with E-state index in [4.69, 9.17) is 9.52 Å². The molecule has 7 heteroatoms. The van der Waals surface area contributed by atoms with Gasteiger partial charge in [0, 0.05) is 13.1 Å². The summed E-state index contributed by atoms with van der Waals surface area (Å²) in [6.07, 6.45) is 1.38. The van der Waals surface area contributed by atoms with Gasteiger partial charge in [-0.05, 0) is 25.0 Å². The molecule has 1 unspecified atom stereocenters. The van der Waals surface area contributed by atoms with Crippen LogP contribution in [0.5, 0.6) is 0 Å². The van der Waals surface area contributed by atoms with Gasteiger partial charge in [0.2, 0.25) is 5.91 Å². The predicted molar refractivity (Wildman–Crippen MR) is 72.5 cm³/mol. The van der Waals surface area contributed by atoms with Gasteiger partial charge < -0.3 is 19.7 Å². The highest BCUT2D eigenvalue weighted by molar-refractivity contribution is 5.95. The van der Waals surface area contributed by atoms with Gasteiger partial charge >= 0.3 is 5.97 Å². The Hall–Kier alpha value is -2.31. The van der Waals surface area contributed by atoms with Crippen LogP contribution in [0, 0.1) is 11.8 Å². The summed E-state index contributed by atoms with van der Waals surface area (Å²) in [6.45, 7) is 3.94. The second-order valence-electron chi connectivity index (χ2n) is 5.34. The number of likely N-dealkylation sites (tertiary alicyclic amines) is 1. The predicted octanol–water partition coefficient (Wildman–Crippen LogP) is 0.577. The molecule has 0 aliphatic carbocycles. The van der Waals surface area contributed by atoms with E-state index < -0.39 is 23.8 Å². The molecular formula is C14H18N2O5. The second kappa shape index (κ2) is 5.99. The lowest BCUT2D eigenvalue weighted by Crippen LogP contribution is -2.46. The summed E-state index contributed by atoms with van der Waals surface area (Å²) >= 11 is 0. The Morgan fingerprint density at radius 2 is 2.14 bits per heavy atom. The molecule has 2 rings (SSSR count). The fourth-order valence-corrected chi connectivity index (χ4v) is 2.48. The molecule has 0 spiro atoms. The number of carbonyl (C=O) groups excluding carboxylic acids is 2. The van der Waals surface area contributed by atoms with Gasteiger partial charge in [-0.25, -0.2) is 0 Å². The van der Waals surface area contributed by atoms with Gasteiger partial charge in [0.05, 0.1) is 12.2 Å². The summed E-state index contributed by atoms with van der Waals surface area (Å²) < 4.78 is 4.95. The average molecular weight is 294 g/mol. The quantitative estimate of drug-likeness (QED) is 0.846. The highest BCUT2D eigenvalue weighted by atomic mass is 16.4. The van der Waals surface area contributed by atoms with Crippen LogP contribution in [0.1, 0.15) is 24.4 Å². The number of nitrogens with one attached hydrogen (secondary N) is 1. The minimum Gasteiger partial charge on any atom is -0.481 e. The zero-order valence-electron chi connectivity index (χ0n) is 11.9. The van der Waals surface area contributed by atoms with E-state index in [0.29, 0.717) is 6.54 Å². The maximum Gasteiger partial charge on any atom is 0.308 e. The molecule has 2 heterocycles. The Bertz CT molecular complexity index is 540. The van der Waals surface area contributed by atoms with Gasteiger partial charge in [0.25, 0.3) is 5.91 Å². The van der Waals surface area contributed by atoms with Gasteiger partial charge in [0.1, 0.15) is 6.04 Å². The van der Waals surface area contributed by atoms with Gasteiger partial charge in [0.15, 0.2) is 5.76 Å². The minimum atomic E-state index is -0.898. The van der Waals surface area contributed by atoms with Gasteiger partial charge in [-0.2, -0.15) is 0 Å². The van der Waals surface area contributed by atoms with E-state index in [1.165, 1.54) is 17.2 Å². The van der Waals surface area contributed by atoms with Crippen LogP contribution in [-0.2, 0) is 9.59 Å². The van der Waals surface area contributed by atoms with E-state index in [9.17, 15) is 14.4 Å². The summed E-state index contributed by atoms with van der Waals surface area (Å²) in [5, 5.41) is 11.6. The van der Waals surface area contributed by atoms with E-state index in [1.807, 2.05) is 0 Å². The number of nitrogens with zero attached hydrogens (tertiary/aromatic N) is 1. The third kappa shape index (κ3) is 3.24. The van der Waals surface area contributed by atoms with Crippen molar-refractivity contribution in [2.24, 2.45) is 11.8 Å². The first kappa shape index (κ1) is 15.1. The summed E-state index contributed by atoms with van der Waals surface area (Å²) in [6, 6.07) is 2.36. The van der Waals surface area contributed by atoms with Gasteiger partial charge in [-0.3, -0.25) is 14.4 Å². The van der Waals surface area contributed by atoms with E-state index in [-0.39, 0.29) is 24.1 Å². The van der Waals surface area contributed by atoms with E-state index >= 15 is 0 Å². The number of hydrogen-bond donors (Lipinski definition) is 2. The first-order chi connectivity index (χ1) is 9.90. The number of furan rings is 1. The summed E-state index contributed by atoms with van der Waals surface area (Å²) in [5.74, 6) is -2.17. The molecule has 0 aromatic carbocycles. The molecule has 21 heavy (non-hydrogen) atoms. The normalized spacial score (nSPS) is 22.9. The lowest BCUT2D eigenvalue weighted by Gasteiger charge is -2.21. The maximum atomic E-state index is 12.3. The Morgan fingerprint density at radius 3 is 2.67 bits per heavy atom. The fourth-order valence-electron chi connectivity index (χ4n) is 2.48. The Balaban J connectivity index is 1.94. The molecule has 0 radical (unpaired) electrons. The number of carboxylic acid groups (broad SMARTS) is 1. The molecule has 0 bridgehead atoms. The van der Waals surface area contributed by atoms with Crippen LogP contribution >= 0.6 is 0 Å². The van der Waals surface area contributed by atoms with Crippen molar-refractivity contribution >= 4 is 17.8 Å². The van der Waals surface area contributed by atoms with Crippen LogP contribution in [0.2, 0.25) is 0 Å². The molecular weight excluding hydrogens is 276 g/mol. The van der Waals surface area contributed by atoms with Gasteiger partial charge in [-0.1, -0.05) is 6.92 Å². The topological polar surface area (TPSA) is 99.9 Å². The summed E-state index contributed by atoms with van der Waals surface area (Å²) in [7, 11) is 0. The van der Waals surface area contributed by atoms with E-state index in [0.717, 1.165) is 0 Å². The van der Waals surface area contributed by atoms with Crippen LogP contribution in [-0.4, -0.2) is 46.9 Å². The number of aliphatic carboxylic acids is 1. The molecule has 1 aromatic heterocycles. The third-order valence-electron chi connectivity index (χ3n) is 3.70. The first-order valence-corrected chi connectivity index (χ1v) is 6.76. The fraction of sp³-hybridized carbons (Fsp3) is 0.500. The monoisotopic (exact) mass is 294 g/mol. The minimum absolute atomic E-state index is 0.0978. The standard InChI is InChI=1S/C14H18N2O5/c1-8-6-16(7-10(8)14(19)20)13(18)9(2)15-12(17)11-4-3-5-21-11/h3-5,8-10H,6-7H2,1-2H3,(H,15,17)(H,19,20)/t8-,9?,10-/m1/s1. The molecule has 1 saturated heterocycles. The van der Waals surface area contributed by atoms with Crippen LogP contribution < -0.4 is 5.32 Å². The average Bonchev–Trinajstić information content (AvgIpc) is 3.06.